The number of hydrogen-bond acceptors (Lipinski definition) is 4. The van der Waals surface area contributed by atoms with E-state index >= 15 is 0 Å². The summed E-state index contributed by atoms with van der Waals surface area (Å²) in [7, 11) is -4.17. The molecule has 1 aliphatic heterocycles. The van der Waals surface area contributed by atoms with Crippen LogP contribution in [0.2, 0.25) is 5.02 Å². The average molecular weight is 386 g/mol. The molecular formula is C12H14BrClO5S. The Morgan fingerprint density at radius 1 is 1.50 bits per heavy atom. The van der Waals surface area contributed by atoms with E-state index in [2.05, 4.69) is 15.9 Å². The Kier molecular flexibility index (Phi) is 4.78. The molecule has 0 saturated carbocycles. The fraction of sp³-hybridized carbons (Fsp3) is 0.500. The maximum atomic E-state index is 11.2. The van der Waals surface area contributed by atoms with Crippen LogP contribution in [0.1, 0.15) is 12.5 Å². The Labute approximate surface area is 131 Å². The molecule has 2 rings (SSSR count). The van der Waals surface area contributed by atoms with Gasteiger partial charge >= 0.3 is 0 Å². The predicted molar refractivity (Wildman–Crippen MR) is 78.8 cm³/mol. The van der Waals surface area contributed by atoms with Gasteiger partial charge in [0.05, 0.1) is 11.9 Å². The van der Waals surface area contributed by atoms with Crippen molar-refractivity contribution in [3.63, 3.8) is 0 Å². The Bertz CT molecular complexity index is 576. The van der Waals surface area contributed by atoms with Crippen molar-refractivity contribution >= 4 is 37.6 Å². The lowest BCUT2D eigenvalue weighted by Crippen LogP contribution is -2.36. The second-order valence-electron chi connectivity index (χ2n) is 4.58. The first kappa shape index (κ1) is 16.2. The summed E-state index contributed by atoms with van der Waals surface area (Å²) in [6.07, 6.45) is -0.738. The van der Waals surface area contributed by atoms with Gasteiger partial charge < -0.3 is 9.47 Å². The number of rotatable bonds is 4. The van der Waals surface area contributed by atoms with Gasteiger partial charge in [0.2, 0.25) is 5.79 Å². The van der Waals surface area contributed by atoms with Crippen molar-refractivity contribution in [1.29, 1.82) is 0 Å². The van der Waals surface area contributed by atoms with Crippen molar-refractivity contribution in [3.8, 4) is 0 Å². The van der Waals surface area contributed by atoms with Gasteiger partial charge in [-0.15, -0.1) is 0 Å². The van der Waals surface area contributed by atoms with E-state index in [9.17, 15) is 8.42 Å². The summed E-state index contributed by atoms with van der Waals surface area (Å²) in [6.45, 7) is 1.46. The van der Waals surface area contributed by atoms with Crippen LogP contribution >= 0.6 is 27.5 Å². The normalized spacial score (nSPS) is 28.5. The zero-order valence-electron chi connectivity index (χ0n) is 10.6. The summed E-state index contributed by atoms with van der Waals surface area (Å²) < 4.78 is 42.9. The topological polar surface area (TPSA) is 72.8 Å². The third-order valence-corrected chi connectivity index (χ3v) is 5.51. The summed E-state index contributed by atoms with van der Waals surface area (Å²) in [4.78, 5) is 0. The SMILES string of the molecule is CC(C1COC(CBr)(c2ccc(Cl)cc2)O1)S(=O)(=O)O. The molecule has 0 amide bonds. The lowest BCUT2D eigenvalue weighted by molar-refractivity contribution is -0.156. The van der Waals surface area contributed by atoms with E-state index in [-0.39, 0.29) is 6.61 Å². The minimum Gasteiger partial charge on any atom is -0.342 e. The van der Waals surface area contributed by atoms with Crippen LogP contribution < -0.4 is 0 Å². The third kappa shape index (κ3) is 3.18. The summed E-state index contributed by atoms with van der Waals surface area (Å²) in [5, 5.41) is -0.147. The molecule has 1 N–H and O–H groups in total. The summed E-state index contributed by atoms with van der Waals surface area (Å²) >= 11 is 9.16. The van der Waals surface area contributed by atoms with Crippen LogP contribution in [0, 0.1) is 0 Å². The minimum atomic E-state index is -4.17. The fourth-order valence-electron chi connectivity index (χ4n) is 1.95. The lowest BCUT2D eigenvalue weighted by atomic mass is 10.1. The first-order valence-corrected chi connectivity index (χ1v) is 8.89. The molecule has 1 heterocycles. The quantitative estimate of drug-likeness (QED) is 0.637. The Morgan fingerprint density at radius 3 is 2.60 bits per heavy atom. The van der Waals surface area contributed by atoms with Crippen LogP contribution in [0.25, 0.3) is 0 Å². The zero-order valence-corrected chi connectivity index (χ0v) is 13.8. The second kappa shape index (κ2) is 5.90. The van der Waals surface area contributed by atoms with Crippen molar-refractivity contribution in [2.45, 2.75) is 24.1 Å². The van der Waals surface area contributed by atoms with Gasteiger partial charge in [0.15, 0.2) is 0 Å². The van der Waals surface area contributed by atoms with Gasteiger partial charge in [-0.1, -0.05) is 39.7 Å². The van der Waals surface area contributed by atoms with Crippen molar-refractivity contribution in [2.75, 3.05) is 11.9 Å². The second-order valence-corrected chi connectivity index (χ2v) is 7.35. The summed E-state index contributed by atoms with van der Waals surface area (Å²) in [5.74, 6) is -1.08. The third-order valence-electron chi connectivity index (χ3n) is 3.28. The predicted octanol–water partition coefficient (Wildman–Crippen LogP) is 2.58. The molecule has 0 bridgehead atoms. The molecule has 1 aliphatic rings. The van der Waals surface area contributed by atoms with Crippen molar-refractivity contribution in [2.24, 2.45) is 0 Å². The van der Waals surface area contributed by atoms with E-state index in [0.717, 1.165) is 5.56 Å². The molecule has 1 fully saturated rings. The van der Waals surface area contributed by atoms with E-state index in [0.29, 0.717) is 10.4 Å². The van der Waals surface area contributed by atoms with Gasteiger partial charge in [0, 0.05) is 10.6 Å². The van der Waals surface area contributed by atoms with E-state index in [4.69, 9.17) is 25.6 Å². The van der Waals surface area contributed by atoms with Crippen molar-refractivity contribution < 1.29 is 22.4 Å². The standard InChI is InChI=1S/C12H14BrClO5S/c1-8(20(15,16)17)11-6-18-12(7-13,19-11)9-2-4-10(14)5-3-9/h2-5,8,11H,6-7H2,1H3,(H,15,16,17). The average Bonchev–Trinajstić information content (AvgIpc) is 2.83. The zero-order chi connectivity index (χ0) is 15.0. The van der Waals surface area contributed by atoms with Crippen LogP contribution in [0.5, 0.6) is 0 Å². The molecule has 5 nitrogen and oxygen atoms in total. The van der Waals surface area contributed by atoms with Gasteiger partial charge in [0.1, 0.15) is 11.4 Å². The molecule has 1 aromatic rings. The van der Waals surface area contributed by atoms with E-state index in [1.54, 1.807) is 24.3 Å². The van der Waals surface area contributed by atoms with E-state index < -0.39 is 27.3 Å². The molecule has 8 heteroatoms. The Morgan fingerprint density at radius 2 is 2.10 bits per heavy atom. The van der Waals surface area contributed by atoms with E-state index in [1.165, 1.54) is 6.92 Å². The molecular weight excluding hydrogens is 372 g/mol. The van der Waals surface area contributed by atoms with Gasteiger partial charge in [-0.05, 0) is 19.1 Å². The van der Waals surface area contributed by atoms with Crippen molar-refractivity contribution in [1.82, 2.24) is 0 Å². The van der Waals surface area contributed by atoms with Gasteiger partial charge in [-0.25, -0.2) is 0 Å². The number of benzene rings is 1. The van der Waals surface area contributed by atoms with Crippen LogP contribution in [0.15, 0.2) is 24.3 Å². The monoisotopic (exact) mass is 384 g/mol. The Hall–Kier alpha value is -0.180. The van der Waals surface area contributed by atoms with Crippen LogP contribution in [0.3, 0.4) is 0 Å². The number of hydrogen-bond donors (Lipinski definition) is 1. The highest BCUT2D eigenvalue weighted by Crippen LogP contribution is 2.38. The maximum Gasteiger partial charge on any atom is 0.270 e. The van der Waals surface area contributed by atoms with Crippen LogP contribution in [-0.4, -0.2) is 36.3 Å². The molecule has 0 aliphatic carbocycles. The molecule has 1 saturated heterocycles. The van der Waals surface area contributed by atoms with Gasteiger partial charge in [0.25, 0.3) is 10.1 Å². The summed E-state index contributed by atoms with van der Waals surface area (Å²) in [6, 6.07) is 6.91. The molecule has 1 aromatic carbocycles. The Balaban J connectivity index is 2.25. The highest BCUT2D eigenvalue weighted by Gasteiger charge is 2.46. The minimum absolute atomic E-state index is 0.0786. The van der Waals surface area contributed by atoms with Crippen LogP contribution in [-0.2, 0) is 25.4 Å². The molecule has 0 aromatic heterocycles. The van der Waals surface area contributed by atoms with Crippen LogP contribution in [0.4, 0.5) is 0 Å². The first-order chi connectivity index (χ1) is 9.28. The lowest BCUT2D eigenvalue weighted by Gasteiger charge is -2.27. The largest absolute Gasteiger partial charge is 0.342 e. The molecule has 20 heavy (non-hydrogen) atoms. The van der Waals surface area contributed by atoms with Crippen molar-refractivity contribution in [3.05, 3.63) is 34.9 Å². The highest BCUT2D eigenvalue weighted by molar-refractivity contribution is 9.09. The number of ether oxygens (including phenoxy) is 2. The van der Waals surface area contributed by atoms with E-state index in [1.807, 2.05) is 0 Å². The smallest absolute Gasteiger partial charge is 0.270 e. The first-order valence-electron chi connectivity index (χ1n) is 5.88. The number of alkyl halides is 1. The molecule has 112 valence electrons. The van der Waals surface area contributed by atoms with Gasteiger partial charge in [-0.3, -0.25) is 4.55 Å². The maximum absolute atomic E-state index is 11.2. The highest BCUT2D eigenvalue weighted by atomic mass is 79.9. The fourth-order valence-corrected chi connectivity index (χ4v) is 3.22. The molecule has 0 radical (unpaired) electrons. The molecule has 3 unspecified atom stereocenters. The number of halogens is 2. The summed E-state index contributed by atoms with van der Waals surface area (Å²) in [5.41, 5.74) is 0.726. The van der Waals surface area contributed by atoms with Gasteiger partial charge in [-0.2, -0.15) is 8.42 Å². The molecule has 0 spiro atoms. The molecule has 3 atom stereocenters.